The first-order valence-corrected chi connectivity index (χ1v) is 7.72. The number of carbonyl (C=O) groups is 1. The summed E-state index contributed by atoms with van der Waals surface area (Å²) in [5.41, 5.74) is 2.29. The average molecular weight is 334 g/mol. The Morgan fingerprint density at radius 2 is 1.79 bits per heavy atom. The smallest absolute Gasteiger partial charge is 0.334 e. The Hall–Kier alpha value is -2.50. The summed E-state index contributed by atoms with van der Waals surface area (Å²) in [5.74, 6) is 0. The van der Waals surface area contributed by atoms with Gasteiger partial charge < -0.3 is 10.6 Å². The predicted molar refractivity (Wildman–Crippen MR) is 84.3 cm³/mol. The van der Waals surface area contributed by atoms with E-state index in [9.17, 15) is 18.0 Å². The largest absolute Gasteiger partial charge is 0.416 e. The van der Waals surface area contributed by atoms with Crippen molar-refractivity contribution in [3.63, 3.8) is 0 Å². The molecule has 126 valence electrons. The van der Waals surface area contributed by atoms with Gasteiger partial charge >= 0.3 is 12.2 Å². The van der Waals surface area contributed by atoms with Crippen LogP contribution >= 0.6 is 0 Å². The second-order valence-electron chi connectivity index (χ2n) is 5.81. The van der Waals surface area contributed by atoms with Gasteiger partial charge in [-0.3, -0.25) is 0 Å². The Bertz CT molecular complexity index is 726. The number of aryl methyl sites for hydroxylation is 1. The highest BCUT2D eigenvalue weighted by atomic mass is 19.4. The predicted octanol–water partition coefficient (Wildman–Crippen LogP) is 4.19. The number of halogens is 3. The van der Waals surface area contributed by atoms with Gasteiger partial charge in [-0.15, -0.1) is 0 Å². The first kappa shape index (κ1) is 16.4. The number of rotatable bonds is 3. The maximum Gasteiger partial charge on any atom is 0.416 e. The van der Waals surface area contributed by atoms with Crippen LogP contribution in [0.2, 0.25) is 0 Å². The zero-order valence-corrected chi connectivity index (χ0v) is 12.9. The summed E-state index contributed by atoms with van der Waals surface area (Å²) in [6.07, 6.45) is -2.56. The highest BCUT2D eigenvalue weighted by Crippen LogP contribution is 2.31. The van der Waals surface area contributed by atoms with Gasteiger partial charge in [0.1, 0.15) is 0 Å². The molecule has 1 atom stereocenters. The molecule has 0 saturated carbocycles. The van der Waals surface area contributed by atoms with Crippen LogP contribution < -0.4 is 10.6 Å². The maximum atomic E-state index is 12.5. The molecule has 2 amide bonds. The molecule has 2 N–H and O–H groups in total. The molecule has 3 nitrogen and oxygen atoms in total. The van der Waals surface area contributed by atoms with E-state index in [2.05, 4.69) is 16.7 Å². The lowest BCUT2D eigenvalue weighted by Gasteiger charge is -2.15. The summed E-state index contributed by atoms with van der Waals surface area (Å²) in [5, 5.41) is 5.59. The van der Waals surface area contributed by atoms with Crippen LogP contribution in [0.15, 0.2) is 48.5 Å². The molecule has 0 bridgehead atoms. The molecule has 2 aromatic carbocycles. The van der Waals surface area contributed by atoms with E-state index in [0.717, 1.165) is 30.5 Å². The number of fused-ring (bicyclic) bond motifs is 1. The van der Waals surface area contributed by atoms with E-state index in [0.29, 0.717) is 5.56 Å². The van der Waals surface area contributed by atoms with Gasteiger partial charge in [-0.05, 0) is 41.7 Å². The molecule has 1 aliphatic carbocycles. The number of alkyl halides is 3. The number of amides is 2. The second kappa shape index (κ2) is 6.55. The zero-order chi connectivity index (χ0) is 17.2. The lowest BCUT2D eigenvalue weighted by atomic mass is 10.1. The molecule has 0 aliphatic heterocycles. The summed E-state index contributed by atoms with van der Waals surface area (Å²) in [7, 11) is 0. The SMILES string of the molecule is O=C(NCc1ccc(C(F)(F)F)cc1)N[C@@H]1CCc2ccccc21. The van der Waals surface area contributed by atoms with Crippen molar-refractivity contribution >= 4 is 6.03 Å². The molecule has 0 aromatic heterocycles. The number of urea groups is 1. The van der Waals surface area contributed by atoms with E-state index >= 15 is 0 Å². The highest BCUT2D eigenvalue weighted by molar-refractivity contribution is 5.74. The number of hydrogen-bond donors (Lipinski definition) is 2. The van der Waals surface area contributed by atoms with E-state index in [1.807, 2.05) is 18.2 Å². The van der Waals surface area contributed by atoms with Gasteiger partial charge in [0, 0.05) is 6.54 Å². The molecule has 0 spiro atoms. The monoisotopic (exact) mass is 334 g/mol. The van der Waals surface area contributed by atoms with Crippen molar-refractivity contribution < 1.29 is 18.0 Å². The molecule has 0 radical (unpaired) electrons. The van der Waals surface area contributed by atoms with Crippen molar-refractivity contribution in [1.82, 2.24) is 10.6 Å². The topological polar surface area (TPSA) is 41.1 Å². The van der Waals surface area contributed by atoms with Crippen LogP contribution in [0.4, 0.5) is 18.0 Å². The van der Waals surface area contributed by atoms with Crippen LogP contribution in [0.25, 0.3) is 0 Å². The van der Waals surface area contributed by atoms with Crippen molar-refractivity contribution in [3.8, 4) is 0 Å². The van der Waals surface area contributed by atoms with Gasteiger partial charge in [0.15, 0.2) is 0 Å². The fraction of sp³-hybridized carbons (Fsp3) is 0.278. The van der Waals surface area contributed by atoms with E-state index in [1.165, 1.54) is 17.7 Å². The Morgan fingerprint density at radius 3 is 2.50 bits per heavy atom. The number of hydrogen-bond acceptors (Lipinski definition) is 1. The van der Waals surface area contributed by atoms with E-state index < -0.39 is 11.7 Å². The molecule has 1 aliphatic rings. The molecule has 6 heteroatoms. The molecule has 0 unspecified atom stereocenters. The lowest BCUT2D eigenvalue weighted by molar-refractivity contribution is -0.137. The van der Waals surface area contributed by atoms with Crippen molar-refractivity contribution in [1.29, 1.82) is 0 Å². The zero-order valence-electron chi connectivity index (χ0n) is 12.9. The molecular weight excluding hydrogens is 317 g/mol. The third-order valence-electron chi connectivity index (χ3n) is 4.17. The fourth-order valence-corrected chi connectivity index (χ4v) is 2.91. The quantitative estimate of drug-likeness (QED) is 0.868. The minimum atomic E-state index is -4.35. The van der Waals surface area contributed by atoms with E-state index in [4.69, 9.17) is 0 Å². The normalized spacial score (nSPS) is 16.5. The third kappa shape index (κ3) is 3.69. The van der Waals surface area contributed by atoms with E-state index in [1.54, 1.807) is 0 Å². The van der Waals surface area contributed by atoms with Gasteiger partial charge in [0.25, 0.3) is 0 Å². The number of benzene rings is 2. The Kier molecular flexibility index (Phi) is 4.46. The van der Waals surface area contributed by atoms with Crippen LogP contribution in [0.5, 0.6) is 0 Å². The van der Waals surface area contributed by atoms with Crippen molar-refractivity contribution in [3.05, 3.63) is 70.8 Å². The number of carbonyl (C=O) groups excluding carboxylic acids is 1. The minimum absolute atomic E-state index is 0.0196. The van der Waals surface area contributed by atoms with Gasteiger partial charge in [-0.1, -0.05) is 36.4 Å². The molecule has 3 rings (SSSR count). The van der Waals surface area contributed by atoms with Crippen LogP contribution in [-0.2, 0) is 19.1 Å². The Morgan fingerprint density at radius 1 is 1.08 bits per heavy atom. The molecule has 0 saturated heterocycles. The second-order valence-corrected chi connectivity index (χ2v) is 5.81. The Balaban J connectivity index is 1.53. The third-order valence-corrected chi connectivity index (χ3v) is 4.17. The highest BCUT2D eigenvalue weighted by Gasteiger charge is 2.30. The van der Waals surface area contributed by atoms with Crippen LogP contribution in [0, 0.1) is 0 Å². The van der Waals surface area contributed by atoms with Crippen molar-refractivity contribution in [2.45, 2.75) is 31.6 Å². The minimum Gasteiger partial charge on any atom is -0.334 e. The van der Waals surface area contributed by atoms with Crippen LogP contribution in [0.3, 0.4) is 0 Å². The summed E-state index contributed by atoms with van der Waals surface area (Å²) in [4.78, 5) is 12.0. The molecule has 2 aromatic rings. The van der Waals surface area contributed by atoms with Gasteiger partial charge in [-0.2, -0.15) is 13.2 Å². The van der Waals surface area contributed by atoms with Gasteiger partial charge in [0.2, 0.25) is 0 Å². The molecule has 24 heavy (non-hydrogen) atoms. The van der Waals surface area contributed by atoms with Crippen molar-refractivity contribution in [2.75, 3.05) is 0 Å². The van der Waals surface area contributed by atoms with Gasteiger partial charge in [-0.25, -0.2) is 4.79 Å². The van der Waals surface area contributed by atoms with E-state index in [-0.39, 0.29) is 18.6 Å². The summed E-state index contributed by atoms with van der Waals surface area (Å²) in [6.45, 7) is 0.179. The van der Waals surface area contributed by atoms with Crippen LogP contribution in [-0.4, -0.2) is 6.03 Å². The van der Waals surface area contributed by atoms with Gasteiger partial charge in [0.05, 0.1) is 11.6 Å². The Labute approximate surface area is 137 Å². The average Bonchev–Trinajstić information content (AvgIpc) is 2.96. The standard InChI is InChI=1S/C18H17F3N2O/c19-18(20,21)14-8-5-12(6-9-14)11-22-17(24)23-16-10-7-13-3-1-2-4-15(13)16/h1-6,8-9,16H,7,10-11H2,(H2,22,23,24)/t16-/m1/s1. The molecule has 0 heterocycles. The fourth-order valence-electron chi connectivity index (χ4n) is 2.91. The summed E-state index contributed by atoms with van der Waals surface area (Å²) < 4.78 is 37.5. The summed E-state index contributed by atoms with van der Waals surface area (Å²) in [6, 6.07) is 12.4. The van der Waals surface area contributed by atoms with Crippen LogP contribution in [0.1, 0.15) is 34.7 Å². The van der Waals surface area contributed by atoms with Crippen molar-refractivity contribution in [2.24, 2.45) is 0 Å². The molecule has 0 fully saturated rings. The number of nitrogens with one attached hydrogen (secondary N) is 2. The first-order chi connectivity index (χ1) is 11.4. The first-order valence-electron chi connectivity index (χ1n) is 7.72. The molecular formula is C18H17F3N2O. The lowest BCUT2D eigenvalue weighted by Crippen LogP contribution is -2.36. The maximum absolute atomic E-state index is 12.5. The summed E-state index contributed by atoms with van der Waals surface area (Å²) >= 11 is 0.